The summed E-state index contributed by atoms with van der Waals surface area (Å²) in [5.41, 5.74) is 16.7. The Bertz CT molecular complexity index is 690. The first-order chi connectivity index (χ1) is 9.90. The molecule has 0 aliphatic rings. The fraction of sp³-hybridized carbons (Fsp3) is 0.0833. The minimum Gasteiger partial charge on any atom is -0.465 e. The van der Waals surface area contributed by atoms with Gasteiger partial charge in [0, 0.05) is 11.8 Å². The van der Waals surface area contributed by atoms with Crippen molar-refractivity contribution in [3.8, 4) is 0 Å². The summed E-state index contributed by atoms with van der Waals surface area (Å²) < 4.78 is 18.5. The average Bonchev–Trinajstić information content (AvgIpc) is 2.40. The topological polar surface area (TPSA) is 130 Å². The maximum atomic E-state index is 13.9. The largest absolute Gasteiger partial charge is 0.465 e. The first-order valence-electron chi connectivity index (χ1n) is 5.66. The van der Waals surface area contributed by atoms with Crippen molar-refractivity contribution in [1.29, 1.82) is 0 Å². The van der Waals surface area contributed by atoms with Gasteiger partial charge in [-0.15, -0.1) is 0 Å². The van der Waals surface area contributed by atoms with Crippen LogP contribution < -0.4 is 17.2 Å². The zero-order chi connectivity index (χ0) is 15.6. The highest BCUT2D eigenvalue weighted by molar-refractivity contribution is 7.99. The molecule has 7 nitrogen and oxygen atoms in total. The molecule has 2 aromatic rings. The molecule has 110 valence electrons. The van der Waals surface area contributed by atoms with E-state index >= 15 is 0 Å². The van der Waals surface area contributed by atoms with Crippen LogP contribution in [0.2, 0.25) is 0 Å². The van der Waals surface area contributed by atoms with Gasteiger partial charge in [-0.1, -0.05) is 0 Å². The number of rotatable bonds is 3. The SMILES string of the molecule is COC(=O)c1cc(Sc2nc(N)cc(N)n2)c(F)cc1N. The van der Waals surface area contributed by atoms with Gasteiger partial charge in [0.25, 0.3) is 0 Å². The molecule has 0 spiro atoms. The molecule has 2 rings (SSSR count). The van der Waals surface area contributed by atoms with Gasteiger partial charge in [-0.25, -0.2) is 19.2 Å². The summed E-state index contributed by atoms with van der Waals surface area (Å²) in [7, 11) is 1.21. The van der Waals surface area contributed by atoms with Crippen LogP contribution in [0.5, 0.6) is 0 Å². The van der Waals surface area contributed by atoms with E-state index in [4.69, 9.17) is 17.2 Å². The Morgan fingerprint density at radius 2 is 1.81 bits per heavy atom. The highest BCUT2D eigenvalue weighted by Gasteiger charge is 2.16. The molecule has 0 fully saturated rings. The van der Waals surface area contributed by atoms with Gasteiger partial charge in [0.15, 0.2) is 5.16 Å². The molecular formula is C12H12FN5O2S. The number of esters is 1. The number of hydrogen-bond donors (Lipinski definition) is 3. The van der Waals surface area contributed by atoms with E-state index in [9.17, 15) is 9.18 Å². The van der Waals surface area contributed by atoms with Crippen LogP contribution in [0.25, 0.3) is 0 Å². The van der Waals surface area contributed by atoms with Crippen LogP contribution in [-0.4, -0.2) is 23.0 Å². The maximum absolute atomic E-state index is 13.9. The minimum atomic E-state index is -0.664. The first kappa shape index (κ1) is 14.9. The van der Waals surface area contributed by atoms with Gasteiger partial charge in [-0.3, -0.25) is 0 Å². The molecule has 1 aromatic carbocycles. The zero-order valence-electron chi connectivity index (χ0n) is 11.0. The number of hydrogen-bond acceptors (Lipinski definition) is 8. The summed E-state index contributed by atoms with van der Waals surface area (Å²) in [6.45, 7) is 0. The second kappa shape index (κ2) is 5.83. The van der Waals surface area contributed by atoms with E-state index in [1.807, 2.05) is 0 Å². The third-order valence-electron chi connectivity index (χ3n) is 2.46. The molecule has 0 atom stereocenters. The van der Waals surface area contributed by atoms with Crippen molar-refractivity contribution in [2.45, 2.75) is 10.1 Å². The highest BCUT2D eigenvalue weighted by atomic mass is 32.2. The Labute approximate surface area is 123 Å². The van der Waals surface area contributed by atoms with Gasteiger partial charge in [-0.2, -0.15) is 0 Å². The number of aromatic nitrogens is 2. The summed E-state index contributed by atoms with van der Waals surface area (Å²) in [4.78, 5) is 19.5. The standard InChI is InChI=1S/C12H12FN5O2S/c1-20-11(19)5-2-8(6(13)3-7(5)14)21-12-17-9(15)4-10(16)18-12/h2-4H,14H2,1H3,(H4,15,16,17,18). The fourth-order valence-electron chi connectivity index (χ4n) is 1.54. The van der Waals surface area contributed by atoms with Crippen LogP contribution in [0.3, 0.4) is 0 Å². The zero-order valence-corrected chi connectivity index (χ0v) is 11.8. The Morgan fingerprint density at radius 3 is 2.38 bits per heavy atom. The number of halogens is 1. The number of benzene rings is 1. The van der Waals surface area contributed by atoms with Crippen LogP contribution in [0.15, 0.2) is 28.3 Å². The van der Waals surface area contributed by atoms with Crippen molar-refractivity contribution in [1.82, 2.24) is 9.97 Å². The Balaban J connectivity index is 2.41. The summed E-state index contributed by atoms with van der Waals surface area (Å²) in [5.74, 6) is -0.958. The number of methoxy groups -OCH3 is 1. The lowest BCUT2D eigenvalue weighted by Crippen LogP contribution is -2.07. The second-order valence-electron chi connectivity index (χ2n) is 3.96. The smallest absolute Gasteiger partial charge is 0.339 e. The minimum absolute atomic E-state index is 0.0169. The summed E-state index contributed by atoms with van der Waals surface area (Å²) in [6.07, 6.45) is 0. The predicted octanol–water partition coefficient (Wildman–Crippen LogP) is 1.30. The number of ether oxygens (including phenoxy) is 1. The van der Waals surface area contributed by atoms with Gasteiger partial charge in [0.2, 0.25) is 0 Å². The van der Waals surface area contributed by atoms with E-state index < -0.39 is 11.8 Å². The van der Waals surface area contributed by atoms with Crippen molar-refractivity contribution in [3.63, 3.8) is 0 Å². The summed E-state index contributed by atoms with van der Waals surface area (Å²) in [5, 5.41) is 0.159. The monoisotopic (exact) mass is 309 g/mol. The average molecular weight is 309 g/mol. The first-order valence-corrected chi connectivity index (χ1v) is 6.47. The summed E-state index contributed by atoms with van der Waals surface area (Å²) in [6, 6.07) is 3.68. The third-order valence-corrected chi connectivity index (χ3v) is 3.35. The van der Waals surface area contributed by atoms with Crippen molar-refractivity contribution in [2.24, 2.45) is 0 Å². The third kappa shape index (κ3) is 3.31. The molecule has 1 heterocycles. The normalized spacial score (nSPS) is 10.4. The van der Waals surface area contributed by atoms with Gasteiger partial charge >= 0.3 is 5.97 Å². The van der Waals surface area contributed by atoms with Crippen LogP contribution in [0.1, 0.15) is 10.4 Å². The fourth-order valence-corrected chi connectivity index (χ4v) is 2.37. The second-order valence-corrected chi connectivity index (χ2v) is 4.97. The Morgan fingerprint density at radius 1 is 1.19 bits per heavy atom. The molecule has 0 saturated heterocycles. The lowest BCUT2D eigenvalue weighted by Gasteiger charge is -2.08. The van der Waals surface area contributed by atoms with E-state index in [1.165, 1.54) is 19.2 Å². The van der Waals surface area contributed by atoms with Crippen molar-refractivity contribution in [3.05, 3.63) is 29.6 Å². The van der Waals surface area contributed by atoms with Crippen LogP contribution >= 0.6 is 11.8 Å². The quantitative estimate of drug-likeness (QED) is 0.439. The van der Waals surface area contributed by atoms with E-state index in [-0.39, 0.29) is 32.9 Å². The van der Waals surface area contributed by atoms with Gasteiger partial charge < -0.3 is 21.9 Å². The van der Waals surface area contributed by atoms with E-state index in [2.05, 4.69) is 14.7 Å². The van der Waals surface area contributed by atoms with Crippen LogP contribution in [-0.2, 0) is 4.74 Å². The highest BCUT2D eigenvalue weighted by Crippen LogP contribution is 2.31. The number of nitrogens with two attached hydrogens (primary N) is 3. The van der Waals surface area contributed by atoms with Gasteiger partial charge in [0.05, 0.1) is 17.6 Å². The maximum Gasteiger partial charge on any atom is 0.339 e. The van der Waals surface area contributed by atoms with Gasteiger partial charge in [0.1, 0.15) is 17.5 Å². The van der Waals surface area contributed by atoms with E-state index in [1.54, 1.807) is 0 Å². The predicted molar refractivity (Wildman–Crippen MR) is 77.1 cm³/mol. The lowest BCUT2D eigenvalue weighted by molar-refractivity contribution is 0.0601. The molecule has 6 N–H and O–H groups in total. The molecule has 21 heavy (non-hydrogen) atoms. The molecule has 0 saturated carbocycles. The van der Waals surface area contributed by atoms with Gasteiger partial charge in [-0.05, 0) is 23.9 Å². The van der Waals surface area contributed by atoms with Crippen molar-refractivity contribution >= 4 is 35.1 Å². The molecular weight excluding hydrogens is 297 g/mol. The Kier molecular flexibility index (Phi) is 4.13. The molecule has 1 aromatic heterocycles. The molecule has 0 bridgehead atoms. The number of carbonyl (C=O) groups is 1. The Hall–Kier alpha value is -2.55. The molecule has 0 amide bonds. The molecule has 0 aliphatic heterocycles. The van der Waals surface area contributed by atoms with E-state index in [0.29, 0.717) is 0 Å². The van der Waals surface area contributed by atoms with Crippen LogP contribution in [0, 0.1) is 5.82 Å². The molecule has 0 radical (unpaired) electrons. The summed E-state index contributed by atoms with van der Waals surface area (Å²) >= 11 is 0.873. The molecule has 9 heteroatoms. The number of nitrogens with zero attached hydrogens (tertiary/aromatic N) is 2. The number of anilines is 3. The molecule has 0 unspecified atom stereocenters. The lowest BCUT2D eigenvalue weighted by atomic mass is 10.2. The van der Waals surface area contributed by atoms with Crippen molar-refractivity contribution in [2.75, 3.05) is 24.3 Å². The van der Waals surface area contributed by atoms with Crippen molar-refractivity contribution < 1.29 is 13.9 Å². The molecule has 0 aliphatic carbocycles. The number of nitrogen functional groups attached to an aromatic ring is 3. The number of carbonyl (C=O) groups excluding carboxylic acids is 1. The van der Waals surface area contributed by atoms with E-state index in [0.717, 1.165) is 17.8 Å². The van der Waals surface area contributed by atoms with Crippen LogP contribution in [0.4, 0.5) is 21.7 Å².